The SMILES string of the molecule is CC(=O)OCCCC1CCC(C#CC2CCC(C#CC3CCC(CCCOC(C)=O)NC3)C(C(F)(F)F)C2)CN1. The van der Waals surface area contributed by atoms with E-state index in [1.165, 1.54) is 13.8 Å². The van der Waals surface area contributed by atoms with Gasteiger partial charge in [-0.1, -0.05) is 23.7 Å². The van der Waals surface area contributed by atoms with E-state index in [2.05, 4.69) is 34.3 Å². The van der Waals surface area contributed by atoms with E-state index in [0.29, 0.717) is 44.7 Å². The van der Waals surface area contributed by atoms with Crippen molar-refractivity contribution in [1.82, 2.24) is 10.6 Å². The Labute approximate surface area is 237 Å². The van der Waals surface area contributed by atoms with Gasteiger partial charge >= 0.3 is 18.1 Å². The predicted octanol–water partition coefficient (Wildman–Crippen LogP) is 5.01. The quantitative estimate of drug-likeness (QED) is 0.244. The van der Waals surface area contributed by atoms with Gasteiger partial charge in [-0.25, -0.2) is 0 Å². The normalized spacial score (nSPS) is 30.7. The summed E-state index contributed by atoms with van der Waals surface area (Å²) in [5, 5.41) is 6.94. The second-order valence-electron chi connectivity index (χ2n) is 11.6. The number of hydrogen-bond donors (Lipinski definition) is 2. The summed E-state index contributed by atoms with van der Waals surface area (Å²) < 4.78 is 51.9. The fourth-order valence-electron chi connectivity index (χ4n) is 5.96. The summed E-state index contributed by atoms with van der Waals surface area (Å²) in [6.07, 6.45) is 4.00. The largest absolute Gasteiger partial charge is 0.466 e. The summed E-state index contributed by atoms with van der Waals surface area (Å²) in [4.78, 5) is 21.7. The Hall–Kier alpha value is -2.23. The van der Waals surface area contributed by atoms with E-state index in [4.69, 9.17) is 9.47 Å². The lowest BCUT2D eigenvalue weighted by Crippen LogP contribution is -2.39. The van der Waals surface area contributed by atoms with Crippen molar-refractivity contribution >= 4 is 11.9 Å². The first-order valence-electron chi connectivity index (χ1n) is 14.9. The van der Waals surface area contributed by atoms with Crippen molar-refractivity contribution in [2.45, 2.75) is 103 Å². The molecule has 2 saturated heterocycles. The van der Waals surface area contributed by atoms with E-state index >= 15 is 0 Å². The Morgan fingerprint density at radius 2 is 1.20 bits per heavy atom. The Morgan fingerprint density at radius 1 is 0.725 bits per heavy atom. The van der Waals surface area contributed by atoms with Gasteiger partial charge < -0.3 is 20.1 Å². The highest BCUT2D eigenvalue weighted by molar-refractivity contribution is 5.66. The number of carbonyl (C=O) groups is 2. The van der Waals surface area contributed by atoms with Gasteiger partial charge in [0, 0.05) is 62.7 Å². The number of hydrogen-bond acceptors (Lipinski definition) is 6. The lowest BCUT2D eigenvalue weighted by Gasteiger charge is -2.33. The van der Waals surface area contributed by atoms with Crippen LogP contribution in [0.1, 0.15) is 84.5 Å². The molecular weight excluding hydrogens is 521 g/mol. The van der Waals surface area contributed by atoms with Gasteiger partial charge in [-0.2, -0.15) is 13.2 Å². The zero-order valence-electron chi connectivity index (χ0n) is 23.9. The summed E-state index contributed by atoms with van der Waals surface area (Å²) in [5.74, 6) is 10.0. The van der Waals surface area contributed by atoms with E-state index < -0.39 is 18.0 Å². The lowest BCUT2D eigenvalue weighted by molar-refractivity contribution is -0.192. The summed E-state index contributed by atoms with van der Waals surface area (Å²) in [6.45, 7) is 5.09. The van der Waals surface area contributed by atoms with Crippen molar-refractivity contribution in [3.63, 3.8) is 0 Å². The van der Waals surface area contributed by atoms with Gasteiger partial charge in [-0.15, -0.1) is 0 Å². The fraction of sp³-hybridized carbons (Fsp3) is 0.806. The Balaban J connectivity index is 1.42. The highest BCUT2D eigenvalue weighted by Gasteiger charge is 2.47. The van der Waals surface area contributed by atoms with Gasteiger partial charge in [0.05, 0.1) is 19.1 Å². The first-order valence-corrected chi connectivity index (χ1v) is 14.9. The number of ether oxygens (including phenoxy) is 2. The molecule has 3 fully saturated rings. The van der Waals surface area contributed by atoms with Crippen molar-refractivity contribution in [3.05, 3.63) is 0 Å². The summed E-state index contributed by atoms with van der Waals surface area (Å²) in [6, 6.07) is 0.706. The molecular formula is C31H45F3N2O4. The molecule has 7 atom stereocenters. The van der Waals surface area contributed by atoms with Gasteiger partial charge in [0.15, 0.2) is 0 Å². The third-order valence-corrected chi connectivity index (χ3v) is 8.27. The van der Waals surface area contributed by atoms with Crippen molar-refractivity contribution < 1.29 is 32.2 Å². The van der Waals surface area contributed by atoms with E-state index in [1.807, 2.05) is 0 Å². The topological polar surface area (TPSA) is 76.7 Å². The maximum absolute atomic E-state index is 14.0. The zero-order valence-corrected chi connectivity index (χ0v) is 23.9. The highest BCUT2D eigenvalue weighted by Crippen LogP contribution is 2.43. The monoisotopic (exact) mass is 566 g/mol. The zero-order chi connectivity index (χ0) is 29.0. The van der Waals surface area contributed by atoms with Gasteiger partial charge in [-0.05, 0) is 70.6 Å². The molecule has 7 unspecified atom stereocenters. The molecule has 1 saturated carbocycles. The van der Waals surface area contributed by atoms with Crippen LogP contribution in [-0.4, -0.2) is 56.5 Å². The number of carbonyl (C=O) groups excluding carboxylic acids is 2. The van der Waals surface area contributed by atoms with Crippen LogP contribution in [0.5, 0.6) is 0 Å². The summed E-state index contributed by atoms with van der Waals surface area (Å²) >= 11 is 0. The molecule has 2 aliphatic heterocycles. The summed E-state index contributed by atoms with van der Waals surface area (Å²) in [5.41, 5.74) is 0. The molecule has 40 heavy (non-hydrogen) atoms. The second-order valence-corrected chi connectivity index (χ2v) is 11.6. The number of piperidine rings is 2. The fourth-order valence-corrected chi connectivity index (χ4v) is 5.96. The van der Waals surface area contributed by atoms with Crippen molar-refractivity contribution in [3.8, 4) is 23.7 Å². The first kappa shape index (κ1) is 32.3. The Morgan fingerprint density at radius 3 is 1.65 bits per heavy atom. The van der Waals surface area contributed by atoms with Crippen molar-refractivity contribution in [2.75, 3.05) is 26.3 Å². The van der Waals surface area contributed by atoms with E-state index in [1.54, 1.807) is 0 Å². The molecule has 224 valence electrons. The molecule has 0 radical (unpaired) electrons. The minimum Gasteiger partial charge on any atom is -0.466 e. The molecule has 0 aromatic heterocycles. The molecule has 0 spiro atoms. The molecule has 1 aliphatic carbocycles. The van der Waals surface area contributed by atoms with Crippen molar-refractivity contribution in [1.29, 1.82) is 0 Å². The number of halogens is 3. The summed E-state index contributed by atoms with van der Waals surface area (Å²) in [7, 11) is 0. The molecule has 3 aliphatic rings. The van der Waals surface area contributed by atoms with Gasteiger partial charge in [0.1, 0.15) is 0 Å². The van der Waals surface area contributed by atoms with E-state index in [-0.39, 0.29) is 36.1 Å². The average molecular weight is 567 g/mol. The number of alkyl halides is 3. The van der Waals surface area contributed by atoms with E-state index in [9.17, 15) is 22.8 Å². The second kappa shape index (κ2) is 16.3. The third-order valence-electron chi connectivity index (χ3n) is 8.27. The molecule has 0 aromatic rings. The number of rotatable bonds is 8. The van der Waals surface area contributed by atoms with Crippen LogP contribution in [0, 0.1) is 53.3 Å². The Bertz CT molecular complexity index is 932. The molecule has 3 rings (SSSR count). The van der Waals surface area contributed by atoms with Crippen LogP contribution < -0.4 is 10.6 Å². The van der Waals surface area contributed by atoms with Crippen LogP contribution in [0.15, 0.2) is 0 Å². The van der Waals surface area contributed by atoms with Crippen LogP contribution in [0.3, 0.4) is 0 Å². The third kappa shape index (κ3) is 11.7. The minimum absolute atomic E-state index is 0.0299. The van der Waals surface area contributed by atoms with Crippen LogP contribution in [0.25, 0.3) is 0 Å². The molecule has 2 N–H and O–H groups in total. The predicted molar refractivity (Wildman–Crippen MR) is 147 cm³/mol. The van der Waals surface area contributed by atoms with Gasteiger partial charge in [0.25, 0.3) is 0 Å². The van der Waals surface area contributed by atoms with Crippen molar-refractivity contribution in [2.24, 2.45) is 29.6 Å². The molecule has 6 nitrogen and oxygen atoms in total. The molecule has 9 heteroatoms. The van der Waals surface area contributed by atoms with Crippen LogP contribution in [0.2, 0.25) is 0 Å². The standard InChI is InChI=1S/C31H45F3N2O4/c1-22(37)39-17-3-5-28-15-11-25(20-35-28)8-7-24-9-13-27(30(19-24)31(32,33)34)14-10-26-12-16-29(36-21-26)6-4-18-40-23(2)38/h24-30,35-36H,3-6,9,11-13,15-21H2,1-2H3. The maximum atomic E-state index is 14.0. The van der Waals surface area contributed by atoms with E-state index in [0.717, 1.165) is 57.9 Å². The lowest BCUT2D eigenvalue weighted by atomic mass is 9.73. The molecule has 0 aromatic carbocycles. The Kier molecular flexibility index (Phi) is 13.1. The molecule has 0 amide bonds. The smallest absolute Gasteiger partial charge is 0.393 e. The minimum atomic E-state index is -4.27. The molecule has 2 heterocycles. The number of nitrogens with one attached hydrogen (secondary N) is 2. The van der Waals surface area contributed by atoms with Gasteiger partial charge in [-0.3, -0.25) is 9.59 Å². The van der Waals surface area contributed by atoms with Gasteiger partial charge in [0.2, 0.25) is 0 Å². The first-order chi connectivity index (χ1) is 19.1. The van der Waals surface area contributed by atoms with Crippen LogP contribution in [-0.2, 0) is 19.1 Å². The van der Waals surface area contributed by atoms with Crippen LogP contribution in [0.4, 0.5) is 13.2 Å². The maximum Gasteiger partial charge on any atom is 0.393 e. The number of esters is 2. The highest BCUT2D eigenvalue weighted by atomic mass is 19.4. The van der Waals surface area contributed by atoms with Crippen LogP contribution >= 0.6 is 0 Å². The average Bonchev–Trinajstić information content (AvgIpc) is 2.92. The molecule has 0 bridgehead atoms.